The van der Waals surface area contributed by atoms with Crippen LogP contribution >= 0.6 is 0 Å². The number of amides is 1. The molecule has 1 heterocycles. The Hall–Kier alpha value is -2.56. The van der Waals surface area contributed by atoms with Gasteiger partial charge in [0.15, 0.2) is 0 Å². The molecule has 0 fully saturated rings. The Labute approximate surface area is 117 Å². The van der Waals surface area contributed by atoms with Gasteiger partial charge in [-0.2, -0.15) is 0 Å². The van der Waals surface area contributed by atoms with E-state index in [-0.39, 0.29) is 11.7 Å². The third-order valence-electron chi connectivity index (χ3n) is 2.90. The molecule has 2 rings (SSSR count). The molecule has 0 aliphatic heterocycles. The molecule has 104 valence electrons. The lowest BCUT2D eigenvalue weighted by Crippen LogP contribution is -2.19. The summed E-state index contributed by atoms with van der Waals surface area (Å²) in [5.74, 6) is 0.0678. The van der Waals surface area contributed by atoms with Gasteiger partial charge in [-0.25, -0.2) is 0 Å². The Kier molecular flexibility index (Phi) is 4.55. The molecule has 20 heavy (non-hydrogen) atoms. The average Bonchev–Trinajstić information content (AvgIpc) is 2.49. The number of aromatic nitrogens is 1. The number of phenols is 1. The van der Waals surface area contributed by atoms with Gasteiger partial charge in [0, 0.05) is 25.5 Å². The number of aromatic hydroxyl groups is 1. The van der Waals surface area contributed by atoms with Crippen LogP contribution in [0.3, 0.4) is 0 Å². The Balaban J connectivity index is 1.91. The van der Waals surface area contributed by atoms with Crippen LogP contribution in [0.1, 0.15) is 16.1 Å². The van der Waals surface area contributed by atoms with Crippen molar-refractivity contribution >= 4 is 11.6 Å². The summed E-state index contributed by atoms with van der Waals surface area (Å²) in [4.78, 5) is 15.5. The summed E-state index contributed by atoms with van der Waals surface area (Å²) in [7, 11) is 1.58. The molecule has 0 bridgehead atoms. The zero-order valence-electron chi connectivity index (χ0n) is 11.3. The van der Waals surface area contributed by atoms with Crippen molar-refractivity contribution in [3.05, 3.63) is 53.9 Å². The first-order chi connectivity index (χ1) is 9.69. The maximum atomic E-state index is 11.5. The molecular weight excluding hydrogens is 254 g/mol. The van der Waals surface area contributed by atoms with Crippen molar-refractivity contribution in [2.75, 3.05) is 18.9 Å². The van der Waals surface area contributed by atoms with Crippen molar-refractivity contribution in [2.24, 2.45) is 0 Å². The van der Waals surface area contributed by atoms with E-state index in [2.05, 4.69) is 15.6 Å². The third kappa shape index (κ3) is 3.71. The predicted octanol–water partition coefficient (Wildman–Crippen LogP) is 1.80. The number of nitrogens with zero attached hydrogens (tertiary/aromatic N) is 1. The van der Waals surface area contributed by atoms with Crippen molar-refractivity contribution in [3.8, 4) is 5.75 Å². The van der Waals surface area contributed by atoms with E-state index in [4.69, 9.17) is 0 Å². The van der Waals surface area contributed by atoms with Gasteiger partial charge in [-0.3, -0.25) is 9.78 Å². The van der Waals surface area contributed by atoms with E-state index in [1.807, 2.05) is 18.2 Å². The minimum absolute atomic E-state index is 0.202. The number of carbonyl (C=O) groups excluding carboxylic acids is 1. The fraction of sp³-hybridized carbons (Fsp3) is 0.200. The quantitative estimate of drug-likeness (QED) is 0.775. The summed E-state index contributed by atoms with van der Waals surface area (Å²) in [6.07, 6.45) is 2.44. The van der Waals surface area contributed by atoms with Crippen LogP contribution in [0, 0.1) is 0 Å². The van der Waals surface area contributed by atoms with Crippen LogP contribution in [-0.4, -0.2) is 29.6 Å². The molecule has 0 aliphatic carbocycles. The van der Waals surface area contributed by atoms with Crippen LogP contribution in [0.4, 0.5) is 5.69 Å². The van der Waals surface area contributed by atoms with E-state index in [9.17, 15) is 9.90 Å². The highest BCUT2D eigenvalue weighted by Crippen LogP contribution is 2.11. The molecule has 0 saturated heterocycles. The van der Waals surface area contributed by atoms with Crippen LogP contribution < -0.4 is 10.6 Å². The van der Waals surface area contributed by atoms with Gasteiger partial charge in [0.25, 0.3) is 5.91 Å². The highest BCUT2D eigenvalue weighted by Gasteiger charge is 2.04. The number of anilines is 1. The molecule has 0 saturated carbocycles. The molecule has 0 unspecified atom stereocenters. The zero-order valence-corrected chi connectivity index (χ0v) is 11.3. The topological polar surface area (TPSA) is 74.2 Å². The van der Waals surface area contributed by atoms with E-state index in [1.165, 1.54) is 0 Å². The zero-order chi connectivity index (χ0) is 14.4. The summed E-state index contributed by atoms with van der Waals surface area (Å²) >= 11 is 0. The van der Waals surface area contributed by atoms with Gasteiger partial charge in [-0.05, 0) is 36.2 Å². The second-order valence-corrected chi connectivity index (χ2v) is 4.35. The first-order valence-electron chi connectivity index (χ1n) is 6.39. The second-order valence-electron chi connectivity index (χ2n) is 4.35. The molecule has 0 spiro atoms. The summed E-state index contributed by atoms with van der Waals surface area (Å²) in [5.41, 5.74) is 2.38. The molecule has 1 aromatic carbocycles. The average molecular weight is 271 g/mol. The number of nitrogens with one attached hydrogen (secondary N) is 2. The van der Waals surface area contributed by atoms with Gasteiger partial charge >= 0.3 is 0 Å². The molecule has 5 heteroatoms. The fourth-order valence-electron chi connectivity index (χ4n) is 1.81. The molecule has 0 radical (unpaired) electrons. The van der Waals surface area contributed by atoms with Gasteiger partial charge in [-0.1, -0.05) is 12.1 Å². The Morgan fingerprint density at radius 2 is 2.00 bits per heavy atom. The first-order valence-corrected chi connectivity index (χ1v) is 6.39. The maximum absolute atomic E-state index is 11.5. The number of hydrogen-bond acceptors (Lipinski definition) is 4. The molecule has 0 aliphatic rings. The highest BCUT2D eigenvalue weighted by atomic mass is 16.3. The molecule has 0 atom stereocenters. The summed E-state index contributed by atoms with van der Waals surface area (Å²) in [5, 5.41) is 15.0. The van der Waals surface area contributed by atoms with E-state index >= 15 is 0 Å². The van der Waals surface area contributed by atoms with Gasteiger partial charge in [-0.15, -0.1) is 0 Å². The summed E-state index contributed by atoms with van der Waals surface area (Å²) in [6.45, 7) is 0.738. The smallest absolute Gasteiger partial charge is 0.269 e. The molecule has 1 amide bonds. The third-order valence-corrected chi connectivity index (χ3v) is 2.90. The lowest BCUT2D eigenvalue weighted by atomic mass is 10.1. The van der Waals surface area contributed by atoms with Crippen LogP contribution in [-0.2, 0) is 6.42 Å². The van der Waals surface area contributed by atoms with Crippen molar-refractivity contribution in [1.82, 2.24) is 10.3 Å². The van der Waals surface area contributed by atoms with Crippen molar-refractivity contribution in [3.63, 3.8) is 0 Å². The minimum atomic E-state index is -0.202. The SMILES string of the molecule is CNC(=O)c1cc(NCCc2ccc(O)cc2)ccn1. The predicted molar refractivity (Wildman–Crippen MR) is 77.9 cm³/mol. The normalized spacial score (nSPS) is 10.1. The summed E-state index contributed by atoms with van der Waals surface area (Å²) in [6, 6.07) is 10.7. The lowest BCUT2D eigenvalue weighted by Gasteiger charge is -2.07. The number of pyridine rings is 1. The second kappa shape index (κ2) is 6.56. The standard InChI is InChI=1S/C15H17N3O2/c1-16-15(20)14-10-12(7-9-18-14)17-8-6-11-2-4-13(19)5-3-11/h2-5,7,9-10,19H,6,8H2,1H3,(H,16,20)(H,17,18). The lowest BCUT2D eigenvalue weighted by molar-refractivity contribution is 0.0958. The van der Waals surface area contributed by atoms with Crippen molar-refractivity contribution in [2.45, 2.75) is 6.42 Å². The maximum Gasteiger partial charge on any atom is 0.269 e. The monoisotopic (exact) mass is 271 g/mol. The van der Waals surface area contributed by atoms with Gasteiger partial charge in [0.2, 0.25) is 0 Å². The van der Waals surface area contributed by atoms with Gasteiger partial charge in [0.05, 0.1) is 0 Å². The fourth-order valence-corrected chi connectivity index (χ4v) is 1.81. The number of carbonyl (C=O) groups is 1. The molecule has 3 N–H and O–H groups in total. The van der Waals surface area contributed by atoms with Crippen LogP contribution in [0.2, 0.25) is 0 Å². The number of benzene rings is 1. The number of rotatable bonds is 5. The molecule has 1 aromatic heterocycles. The highest BCUT2D eigenvalue weighted by molar-refractivity contribution is 5.92. The summed E-state index contributed by atoms with van der Waals surface area (Å²) < 4.78 is 0. The van der Waals surface area contributed by atoms with Gasteiger partial charge < -0.3 is 15.7 Å². The van der Waals surface area contributed by atoms with Crippen LogP contribution in [0.15, 0.2) is 42.6 Å². The van der Waals surface area contributed by atoms with E-state index in [1.54, 1.807) is 31.4 Å². The van der Waals surface area contributed by atoms with Crippen molar-refractivity contribution in [1.29, 1.82) is 0 Å². The van der Waals surface area contributed by atoms with E-state index in [0.29, 0.717) is 5.69 Å². The van der Waals surface area contributed by atoms with Crippen molar-refractivity contribution < 1.29 is 9.90 Å². The van der Waals surface area contributed by atoms with Gasteiger partial charge in [0.1, 0.15) is 11.4 Å². The Bertz CT molecular complexity index is 582. The first kappa shape index (κ1) is 13.9. The Morgan fingerprint density at radius 3 is 2.70 bits per heavy atom. The Morgan fingerprint density at radius 1 is 1.25 bits per heavy atom. The molecule has 2 aromatic rings. The largest absolute Gasteiger partial charge is 0.508 e. The van der Waals surface area contributed by atoms with E-state index in [0.717, 1.165) is 24.2 Å². The minimum Gasteiger partial charge on any atom is -0.508 e. The molecule has 5 nitrogen and oxygen atoms in total. The number of hydrogen-bond donors (Lipinski definition) is 3. The number of phenolic OH excluding ortho intramolecular Hbond substituents is 1. The van der Waals surface area contributed by atoms with E-state index < -0.39 is 0 Å². The molecular formula is C15H17N3O2. The van der Waals surface area contributed by atoms with Crippen LogP contribution in [0.5, 0.6) is 5.75 Å². The van der Waals surface area contributed by atoms with Crippen LogP contribution in [0.25, 0.3) is 0 Å².